The summed E-state index contributed by atoms with van der Waals surface area (Å²) < 4.78 is 20.3. The molecule has 0 atom stereocenters. The highest BCUT2D eigenvalue weighted by Crippen LogP contribution is 2.24. The van der Waals surface area contributed by atoms with Gasteiger partial charge in [-0.1, -0.05) is 29.1 Å². The Labute approximate surface area is 202 Å². The SMILES string of the molecule is CC(C)N(CCn1c(SCc2noc(-c3ccc(F)cc3)n2)nc2ccccc2c1=O)C(C)C. The third-order valence-corrected chi connectivity index (χ3v) is 6.60. The molecule has 9 heteroatoms. The summed E-state index contributed by atoms with van der Waals surface area (Å²) in [5.74, 6) is 0.856. The zero-order chi connectivity index (χ0) is 24.2. The summed E-state index contributed by atoms with van der Waals surface area (Å²) in [6.07, 6.45) is 0. The molecule has 0 saturated carbocycles. The minimum atomic E-state index is -0.326. The van der Waals surface area contributed by atoms with Crippen LogP contribution in [0.15, 0.2) is 63.0 Å². The summed E-state index contributed by atoms with van der Waals surface area (Å²) in [5, 5.41) is 5.26. The van der Waals surface area contributed by atoms with Crippen LogP contribution in [0.3, 0.4) is 0 Å². The smallest absolute Gasteiger partial charge is 0.262 e. The number of thioether (sulfide) groups is 1. The third-order valence-electron chi connectivity index (χ3n) is 5.62. The molecule has 4 aromatic rings. The van der Waals surface area contributed by atoms with Crippen LogP contribution in [0, 0.1) is 5.82 Å². The fourth-order valence-electron chi connectivity index (χ4n) is 3.93. The molecule has 0 bridgehead atoms. The lowest BCUT2D eigenvalue weighted by Crippen LogP contribution is -2.40. The maximum Gasteiger partial charge on any atom is 0.262 e. The topological polar surface area (TPSA) is 77.1 Å². The van der Waals surface area contributed by atoms with Gasteiger partial charge in [0, 0.05) is 30.7 Å². The first-order chi connectivity index (χ1) is 16.3. The molecule has 0 aliphatic carbocycles. The molecule has 4 rings (SSSR count). The van der Waals surface area contributed by atoms with Crippen molar-refractivity contribution in [1.29, 1.82) is 0 Å². The van der Waals surface area contributed by atoms with Crippen molar-refractivity contribution >= 4 is 22.7 Å². The zero-order valence-electron chi connectivity index (χ0n) is 19.7. The van der Waals surface area contributed by atoms with E-state index in [4.69, 9.17) is 9.51 Å². The van der Waals surface area contributed by atoms with Crippen LogP contribution in [-0.2, 0) is 12.3 Å². The van der Waals surface area contributed by atoms with E-state index >= 15 is 0 Å². The number of rotatable bonds is 9. The summed E-state index contributed by atoms with van der Waals surface area (Å²) in [7, 11) is 0. The van der Waals surface area contributed by atoms with Crippen LogP contribution in [-0.4, -0.2) is 43.2 Å². The second kappa shape index (κ2) is 10.5. The molecule has 0 spiro atoms. The maximum absolute atomic E-state index is 13.3. The molecule has 178 valence electrons. The number of halogens is 1. The van der Waals surface area contributed by atoms with Crippen LogP contribution >= 0.6 is 11.8 Å². The van der Waals surface area contributed by atoms with E-state index in [-0.39, 0.29) is 11.4 Å². The zero-order valence-corrected chi connectivity index (χ0v) is 20.6. The molecule has 0 N–H and O–H groups in total. The fourth-order valence-corrected chi connectivity index (χ4v) is 4.80. The molecule has 0 radical (unpaired) electrons. The molecular formula is C25H28FN5O2S. The van der Waals surface area contributed by atoms with Crippen LogP contribution < -0.4 is 5.56 Å². The van der Waals surface area contributed by atoms with Crippen LogP contribution in [0.2, 0.25) is 0 Å². The average Bonchev–Trinajstić information content (AvgIpc) is 3.28. The lowest BCUT2D eigenvalue weighted by molar-refractivity contribution is 0.166. The molecule has 2 heterocycles. The van der Waals surface area contributed by atoms with Gasteiger partial charge in [0.25, 0.3) is 11.4 Å². The standard InChI is InChI=1S/C25H28FN5O2S/c1-16(2)30(17(3)4)13-14-31-24(32)20-7-5-6-8-21(20)27-25(31)34-15-22-28-23(33-29-22)18-9-11-19(26)12-10-18/h5-12,16-17H,13-15H2,1-4H3. The van der Waals surface area contributed by atoms with Gasteiger partial charge in [0.1, 0.15) is 5.82 Å². The number of benzene rings is 2. The summed E-state index contributed by atoms with van der Waals surface area (Å²) >= 11 is 1.40. The van der Waals surface area contributed by atoms with Gasteiger partial charge in [0.15, 0.2) is 11.0 Å². The van der Waals surface area contributed by atoms with E-state index < -0.39 is 0 Å². The molecule has 0 aliphatic rings. The van der Waals surface area contributed by atoms with E-state index in [1.807, 2.05) is 24.3 Å². The number of aromatic nitrogens is 4. The monoisotopic (exact) mass is 481 g/mol. The van der Waals surface area contributed by atoms with E-state index in [1.54, 1.807) is 16.7 Å². The van der Waals surface area contributed by atoms with E-state index in [2.05, 4.69) is 42.7 Å². The Balaban J connectivity index is 1.59. The fraction of sp³-hybridized carbons (Fsp3) is 0.360. The first-order valence-corrected chi connectivity index (χ1v) is 12.3. The molecule has 2 aromatic carbocycles. The highest BCUT2D eigenvalue weighted by Gasteiger charge is 2.18. The maximum atomic E-state index is 13.3. The van der Waals surface area contributed by atoms with Gasteiger partial charge in [-0.15, -0.1) is 0 Å². The Hall–Kier alpha value is -3.04. The van der Waals surface area contributed by atoms with Gasteiger partial charge >= 0.3 is 0 Å². The predicted molar refractivity (Wildman–Crippen MR) is 132 cm³/mol. The van der Waals surface area contributed by atoms with Crippen molar-refractivity contribution in [3.63, 3.8) is 0 Å². The lowest BCUT2D eigenvalue weighted by atomic mass is 10.2. The Morgan fingerprint density at radius 2 is 1.74 bits per heavy atom. The second-order valence-electron chi connectivity index (χ2n) is 8.60. The van der Waals surface area contributed by atoms with Gasteiger partial charge in [-0.25, -0.2) is 9.37 Å². The number of para-hydroxylation sites is 1. The minimum Gasteiger partial charge on any atom is -0.334 e. The number of hydrogen-bond donors (Lipinski definition) is 0. The number of nitrogens with zero attached hydrogens (tertiary/aromatic N) is 5. The first kappa shape index (κ1) is 24.1. The van der Waals surface area contributed by atoms with E-state index in [0.29, 0.717) is 57.7 Å². The van der Waals surface area contributed by atoms with E-state index in [1.165, 1.54) is 23.9 Å². The number of hydrogen-bond acceptors (Lipinski definition) is 7. The van der Waals surface area contributed by atoms with Gasteiger partial charge in [0.05, 0.1) is 16.7 Å². The molecule has 2 aromatic heterocycles. The Bertz CT molecular complexity index is 1310. The molecule has 7 nitrogen and oxygen atoms in total. The molecule has 0 aliphatic heterocycles. The molecule has 0 saturated heterocycles. The van der Waals surface area contributed by atoms with Gasteiger partial charge in [-0.05, 0) is 64.1 Å². The van der Waals surface area contributed by atoms with Gasteiger partial charge in [-0.2, -0.15) is 4.98 Å². The van der Waals surface area contributed by atoms with Gasteiger partial charge < -0.3 is 4.52 Å². The van der Waals surface area contributed by atoms with E-state index in [9.17, 15) is 9.18 Å². The molecule has 0 unspecified atom stereocenters. The number of fused-ring (bicyclic) bond motifs is 1. The van der Waals surface area contributed by atoms with E-state index in [0.717, 1.165) is 6.54 Å². The van der Waals surface area contributed by atoms with Crippen LogP contribution in [0.25, 0.3) is 22.4 Å². The average molecular weight is 482 g/mol. The quantitative estimate of drug-likeness (QED) is 0.246. The summed E-state index contributed by atoms with van der Waals surface area (Å²) in [4.78, 5) is 24.9. The third kappa shape index (κ3) is 5.37. The summed E-state index contributed by atoms with van der Waals surface area (Å²) in [6.45, 7) is 9.90. The summed E-state index contributed by atoms with van der Waals surface area (Å²) in [6, 6.07) is 14.0. The van der Waals surface area contributed by atoms with Crippen LogP contribution in [0.5, 0.6) is 0 Å². The predicted octanol–water partition coefficient (Wildman–Crippen LogP) is 5.00. The van der Waals surface area contributed by atoms with Crippen LogP contribution in [0.1, 0.15) is 33.5 Å². The van der Waals surface area contributed by atoms with Gasteiger partial charge in [-0.3, -0.25) is 14.3 Å². The Kier molecular flexibility index (Phi) is 7.43. The van der Waals surface area contributed by atoms with Crippen molar-refractivity contribution in [2.75, 3.05) is 6.54 Å². The van der Waals surface area contributed by atoms with Crippen molar-refractivity contribution in [1.82, 2.24) is 24.6 Å². The molecule has 0 amide bonds. The van der Waals surface area contributed by atoms with Crippen molar-refractivity contribution in [3.8, 4) is 11.5 Å². The van der Waals surface area contributed by atoms with Crippen molar-refractivity contribution in [2.24, 2.45) is 0 Å². The molecular weight excluding hydrogens is 453 g/mol. The van der Waals surface area contributed by atoms with Crippen LogP contribution in [0.4, 0.5) is 4.39 Å². The summed E-state index contributed by atoms with van der Waals surface area (Å²) in [5.41, 5.74) is 1.25. The lowest BCUT2D eigenvalue weighted by Gasteiger charge is -2.30. The first-order valence-electron chi connectivity index (χ1n) is 11.3. The highest BCUT2D eigenvalue weighted by atomic mass is 32.2. The Morgan fingerprint density at radius 3 is 2.44 bits per heavy atom. The normalized spacial score (nSPS) is 11.9. The minimum absolute atomic E-state index is 0.0549. The molecule has 34 heavy (non-hydrogen) atoms. The highest BCUT2D eigenvalue weighted by molar-refractivity contribution is 7.98. The second-order valence-corrected chi connectivity index (χ2v) is 9.55. The van der Waals surface area contributed by atoms with Gasteiger partial charge in [0.2, 0.25) is 0 Å². The van der Waals surface area contributed by atoms with Crippen molar-refractivity contribution in [3.05, 3.63) is 70.5 Å². The van der Waals surface area contributed by atoms with Crippen molar-refractivity contribution in [2.45, 2.75) is 57.2 Å². The van der Waals surface area contributed by atoms with Crippen molar-refractivity contribution < 1.29 is 8.91 Å². The Morgan fingerprint density at radius 1 is 1.03 bits per heavy atom. The molecule has 0 fully saturated rings. The largest absolute Gasteiger partial charge is 0.334 e.